The van der Waals surface area contributed by atoms with E-state index in [4.69, 9.17) is 5.73 Å². The topological polar surface area (TPSA) is 64.2 Å². The smallest absolute Gasteiger partial charge is 0.242 e. The average Bonchev–Trinajstić information content (AvgIpc) is 3.04. The van der Waals surface area contributed by atoms with E-state index in [2.05, 4.69) is 4.98 Å². The minimum Gasteiger partial charge on any atom is -0.337 e. The molecule has 1 aliphatic heterocycles. The third-order valence-corrected chi connectivity index (χ3v) is 4.11. The number of carbonyl (C=O) groups is 1. The van der Waals surface area contributed by atoms with Gasteiger partial charge in [0.25, 0.3) is 0 Å². The van der Waals surface area contributed by atoms with Gasteiger partial charge in [-0.25, -0.2) is 4.98 Å². The number of carbonyl (C=O) groups excluding carboxylic acids is 1. The Kier molecular flexibility index (Phi) is 3.44. The lowest BCUT2D eigenvalue weighted by Gasteiger charge is -2.24. The van der Waals surface area contributed by atoms with E-state index in [0.717, 1.165) is 36.2 Å². The Balaban J connectivity index is 1.86. The zero-order chi connectivity index (χ0) is 14.1. The van der Waals surface area contributed by atoms with Gasteiger partial charge in [0.2, 0.25) is 5.91 Å². The first-order chi connectivity index (χ1) is 9.70. The molecule has 106 valence electrons. The van der Waals surface area contributed by atoms with Gasteiger partial charge in [-0.3, -0.25) is 4.79 Å². The van der Waals surface area contributed by atoms with Crippen molar-refractivity contribution in [1.82, 2.24) is 14.5 Å². The number of nitrogens with two attached hydrogens (primary N) is 1. The lowest BCUT2D eigenvalue weighted by molar-refractivity contribution is -0.132. The normalized spacial score (nSPS) is 18.9. The maximum absolute atomic E-state index is 12.5. The Morgan fingerprint density at radius 3 is 3.05 bits per heavy atom. The summed E-state index contributed by atoms with van der Waals surface area (Å²) in [6.45, 7) is 3.67. The molecule has 2 heterocycles. The molecule has 1 aliphatic rings. The van der Waals surface area contributed by atoms with Gasteiger partial charge in [0.1, 0.15) is 12.4 Å². The number of aromatic nitrogens is 2. The summed E-state index contributed by atoms with van der Waals surface area (Å²) in [5.41, 5.74) is 7.70. The van der Waals surface area contributed by atoms with Crippen molar-refractivity contribution in [3.63, 3.8) is 0 Å². The van der Waals surface area contributed by atoms with Crippen LogP contribution >= 0.6 is 0 Å². The van der Waals surface area contributed by atoms with Crippen molar-refractivity contribution in [2.75, 3.05) is 13.1 Å². The molecule has 2 aromatic rings. The van der Waals surface area contributed by atoms with Crippen LogP contribution in [0.25, 0.3) is 11.0 Å². The average molecular weight is 272 g/mol. The Morgan fingerprint density at radius 2 is 2.25 bits per heavy atom. The number of likely N-dealkylation sites (tertiary alicyclic amines) is 1. The summed E-state index contributed by atoms with van der Waals surface area (Å²) < 4.78 is 1.99. The summed E-state index contributed by atoms with van der Waals surface area (Å²) in [6.07, 6.45) is 2.07. The van der Waals surface area contributed by atoms with Gasteiger partial charge in [-0.05, 0) is 31.9 Å². The van der Waals surface area contributed by atoms with Gasteiger partial charge in [0, 0.05) is 19.1 Å². The number of hydrogen-bond acceptors (Lipinski definition) is 3. The second-order valence-electron chi connectivity index (χ2n) is 5.35. The van der Waals surface area contributed by atoms with E-state index >= 15 is 0 Å². The molecule has 3 rings (SSSR count). The third-order valence-electron chi connectivity index (χ3n) is 4.11. The van der Waals surface area contributed by atoms with Gasteiger partial charge in [0.05, 0.1) is 11.0 Å². The predicted octanol–water partition coefficient (Wildman–Crippen LogP) is 1.29. The maximum atomic E-state index is 12.5. The van der Waals surface area contributed by atoms with Gasteiger partial charge in [0.15, 0.2) is 0 Å². The molecule has 0 saturated carbocycles. The molecule has 1 atom stereocenters. The molecule has 0 aliphatic carbocycles. The highest BCUT2D eigenvalue weighted by molar-refractivity contribution is 5.81. The number of nitrogens with zero attached hydrogens (tertiary/aromatic N) is 3. The van der Waals surface area contributed by atoms with Crippen LogP contribution in [0.5, 0.6) is 0 Å². The van der Waals surface area contributed by atoms with Crippen LogP contribution in [0.1, 0.15) is 18.7 Å². The summed E-state index contributed by atoms with van der Waals surface area (Å²) in [4.78, 5) is 18.9. The lowest BCUT2D eigenvalue weighted by atomic mass is 10.2. The van der Waals surface area contributed by atoms with Crippen LogP contribution in [-0.2, 0) is 11.3 Å². The Morgan fingerprint density at radius 1 is 1.45 bits per heavy atom. The van der Waals surface area contributed by atoms with Crippen molar-refractivity contribution >= 4 is 16.9 Å². The molecule has 0 bridgehead atoms. The highest BCUT2D eigenvalue weighted by Gasteiger charge is 2.27. The predicted molar refractivity (Wildman–Crippen MR) is 78.3 cm³/mol. The first kappa shape index (κ1) is 13.1. The van der Waals surface area contributed by atoms with Gasteiger partial charge in [-0.15, -0.1) is 0 Å². The van der Waals surface area contributed by atoms with Crippen molar-refractivity contribution in [2.24, 2.45) is 5.73 Å². The molecule has 2 N–H and O–H groups in total. The van der Waals surface area contributed by atoms with Crippen LogP contribution in [0, 0.1) is 6.92 Å². The Labute approximate surface area is 118 Å². The second-order valence-corrected chi connectivity index (χ2v) is 5.35. The van der Waals surface area contributed by atoms with E-state index in [9.17, 15) is 4.79 Å². The fraction of sp³-hybridized carbons (Fsp3) is 0.467. The van der Waals surface area contributed by atoms with Crippen LogP contribution in [0.15, 0.2) is 24.3 Å². The number of aryl methyl sites for hydroxylation is 1. The SMILES string of the molecule is Cc1nc2ccccc2n1CC(=O)N1CCCC1CN. The highest BCUT2D eigenvalue weighted by Crippen LogP contribution is 2.19. The third kappa shape index (κ3) is 2.18. The molecule has 1 amide bonds. The van der Waals surface area contributed by atoms with Crippen LogP contribution < -0.4 is 5.73 Å². The first-order valence-electron chi connectivity index (χ1n) is 7.12. The summed E-state index contributed by atoms with van der Waals surface area (Å²) >= 11 is 0. The van der Waals surface area contributed by atoms with Crippen LogP contribution in [0.3, 0.4) is 0 Å². The number of rotatable bonds is 3. The van der Waals surface area contributed by atoms with Crippen molar-refractivity contribution < 1.29 is 4.79 Å². The molecule has 5 heteroatoms. The van der Waals surface area contributed by atoms with E-state index in [1.165, 1.54) is 0 Å². The molecular formula is C15H20N4O. The van der Waals surface area contributed by atoms with Crippen molar-refractivity contribution in [3.8, 4) is 0 Å². The van der Waals surface area contributed by atoms with Gasteiger partial charge in [-0.1, -0.05) is 12.1 Å². The Bertz CT molecular complexity index is 634. The molecule has 1 aromatic heterocycles. The van der Waals surface area contributed by atoms with Gasteiger partial charge >= 0.3 is 0 Å². The number of fused-ring (bicyclic) bond motifs is 1. The Hall–Kier alpha value is -1.88. The molecule has 1 fully saturated rings. The van der Waals surface area contributed by atoms with Gasteiger partial charge < -0.3 is 15.2 Å². The molecule has 20 heavy (non-hydrogen) atoms. The zero-order valence-electron chi connectivity index (χ0n) is 11.7. The largest absolute Gasteiger partial charge is 0.337 e. The summed E-state index contributed by atoms with van der Waals surface area (Å²) in [6, 6.07) is 8.13. The molecular weight excluding hydrogens is 252 g/mol. The van der Waals surface area contributed by atoms with Crippen LogP contribution in [0.2, 0.25) is 0 Å². The monoisotopic (exact) mass is 272 g/mol. The molecule has 1 aromatic carbocycles. The number of para-hydroxylation sites is 2. The fourth-order valence-electron chi connectivity index (χ4n) is 3.03. The van der Waals surface area contributed by atoms with Crippen LogP contribution in [0.4, 0.5) is 0 Å². The number of imidazole rings is 1. The van der Waals surface area contributed by atoms with E-state index in [0.29, 0.717) is 13.1 Å². The van der Waals surface area contributed by atoms with Gasteiger partial charge in [-0.2, -0.15) is 0 Å². The lowest BCUT2D eigenvalue weighted by Crippen LogP contribution is -2.41. The summed E-state index contributed by atoms with van der Waals surface area (Å²) in [7, 11) is 0. The van der Waals surface area contributed by atoms with E-state index in [1.807, 2.05) is 40.7 Å². The van der Waals surface area contributed by atoms with E-state index < -0.39 is 0 Å². The van der Waals surface area contributed by atoms with Crippen molar-refractivity contribution in [3.05, 3.63) is 30.1 Å². The molecule has 5 nitrogen and oxygen atoms in total. The molecule has 1 saturated heterocycles. The number of benzene rings is 1. The maximum Gasteiger partial charge on any atom is 0.242 e. The quantitative estimate of drug-likeness (QED) is 0.916. The molecule has 0 spiro atoms. The molecule has 0 radical (unpaired) electrons. The van der Waals surface area contributed by atoms with E-state index in [-0.39, 0.29) is 11.9 Å². The summed E-state index contributed by atoms with van der Waals surface area (Å²) in [5, 5.41) is 0. The number of amides is 1. The fourth-order valence-corrected chi connectivity index (χ4v) is 3.03. The highest BCUT2D eigenvalue weighted by atomic mass is 16.2. The first-order valence-corrected chi connectivity index (χ1v) is 7.12. The number of hydrogen-bond donors (Lipinski definition) is 1. The summed E-state index contributed by atoms with van der Waals surface area (Å²) in [5.74, 6) is 1.02. The zero-order valence-corrected chi connectivity index (χ0v) is 11.7. The van der Waals surface area contributed by atoms with E-state index in [1.54, 1.807) is 0 Å². The van der Waals surface area contributed by atoms with Crippen LogP contribution in [-0.4, -0.2) is 39.5 Å². The minimum atomic E-state index is 0.143. The standard InChI is InChI=1S/C15H20N4O/c1-11-17-13-6-2-3-7-14(13)19(11)10-15(20)18-8-4-5-12(18)9-16/h2-3,6-7,12H,4-5,8-10,16H2,1H3. The second kappa shape index (κ2) is 5.25. The van der Waals surface area contributed by atoms with Crippen molar-refractivity contribution in [2.45, 2.75) is 32.4 Å². The molecule has 1 unspecified atom stereocenters. The van der Waals surface area contributed by atoms with Crippen molar-refractivity contribution in [1.29, 1.82) is 0 Å². The minimum absolute atomic E-state index is 0.143.